The molecule has 0 aromatic heterocycles. The number of benzene rings is 8. The van der Waals surface area contributed by atoms with E-state index in [1.54, 1.807) is 14.0 Å². The van der Waals surface area contributed by atoms with Gasteiger partial charge in [-0.3, -0.25) is 4.79 Å². The molecule has 0 fully saturated rings. The van der Waals surface area contributed by atoms with E-state index in [9.17, 15) is 4.79 Å². The molecule has 0 saturated carbocycles. The highest BCUT2D eigenvalue weighted by atomic mass is 16.5. The summed E-state index contributed by atoms with van der Waals surface area (Å²) in [5, 5.41) is 6.81. The lowest BCUT2D eigenvalue weighted by Gasteiger charge is -2.28. The fraction of sp³-hybridized carbons (Fsp3) is 0.0652. The fourth-order valence-corrected chi connectivity index (χ4v) is 7.22. The summed E-state index contributed by atoms with van der Waals surface area (Å²) in [5.74, 6) is 0.603. The Morgan fingerprint density at radius 1 is 0.490 bits per heavy atom. The van der Waals surface area contributed by atoms with Gasteiger partial charge in [-0.25, -0.2) is 0 Å². The van der Waals surface area contributed by atoms with Gasteiger partial charge in [0.15, 0.2) is 5.78 Å². The monoisotopic (exact) mass is 633 g/mol. The topological polar surface area (TPSA) is 29.5 Å². The second-order valence-corrected chi connectivity index (χ2v) is 12.5. The molecule has 0 saturated heterocycles. The summed E-state index contributed by atoms with van der Waals surface area (Å²) < 4.78 is 5.59. The van der Waals surface area contributed by atoms with Crippen molar-refractivity contribution in [2.75, 3.05) is 12.0 Å². The van der Waals surface area contributed by atoms with Gasteiger partial charge < -0.3 is 9.64 Å². The van der Waals surface area contributed by atoms with Crippen LogP contribution < -0.4 is 4.90 Å². The van der Waals surface area contributed by atoms with Gasteiger partial charge in [0.1, 0.15) is 5.76 Å². The van der Waals surface area contributed by atoms with Gasteiger partial charge in [0.2, 0.25) is 0 Å². The zero-order chi connectivity index (χ0) is 33.5. The number of nitrogens with zero attached hydrogens (tertiary/aromatic N) is 1. The highest BCUT2D eigenvalue weighted by Crippen LogP contribution is 2.45. The summed E-state index contributed by atoms with van der Waals surface area (Å²) in [5.41, 5.74) is 9.45. The van der Waals surface area contributed by atoms with Crippen LogP contribution in [0.5, 0.6) is 0 Å². The molecule has 0 atom stereocenters. The Morgan fingerprint density at radius 3 is 1.45 bits per heavy atom. The van der Waals surface area contributed by atoms with Crippen LogP contribution in [0.25, 0.3) is 60.1 Å². The van der Waals surface area contributed by atoms with Crippen LogP contribution in [0.2, 0.25) is 0 Å². The number of ether oxygens (including phenoxy) is 1. The molecule has 49 heavy (non-hydrogen) atoms. The second kappa shape index (κ2) is 12.4. The molecule has 3 heteroatoms. The summed E-state index contributed by atoms with van der Waals surface area (Å²) in [6.45, 7) is 3.47. The second-order valence-electron chi connectivity index (χ2n) is 12.5. The molecule has 0 aliphatic rings. The molecule has 236 valence electrons. The van der Waals surface area contributed by atoms with Gasteiger partial charge in [0.25, 0.3) is 0 Å². The Hall–Kier alpha value is -6.19. The van der Waals surface area contributed by atoms with E-state index in [2.05, 4.69) is 150 Å². The van der Waals surface area contributed by atoms with Crippen LogP contribution >= 0.6 is 0 Å². The predicted octanol–water partition coefficient (Wildman–Crippen LogP) is 12.4. The molecule has 8 aromatic carbocycles. The van der Waals surface area contributed by atoms with Crippen molar-refractivity contribution in [1.82, 2.24) is 0 Å². The van der Waals surface area contributed by atoms with Crippen LogP contribution in [-0.4, -0.2) is 12.9 Å². The van der Waals surface area contributed by atoms with Gasteiger partial charge in [-0.1, -0.05) is 127 Å². The van der Waals surface area contributed by atoms with Crippen molar-refractivity contribution in [3.05, 3.63) is 169 Å². The number of carbonyl (C=O) groups is 1. The van der Waals surface area contributed by atoms with Crippen molar-refractivity contribution >= 4 is 60.7 Å². The van der Waals surface area contributed by atoms with Gasteiger partial charge in [-0.05, 0) is 98.9 Å². The summed E-state index contributed by atoms with van der Waals surface area (Å²) in [6, 6.07) is 56.0. The van der Waals surface area contributed by atoms with Crippen molar-refractivity contribution in [3.63, 3.8) is 0 Å². The largest absolute Gasteiger partial charge is 0.501 e. The maximum Gasteiger partial charge on any atom is 0.163 e. The molecule has 0 bridgehead atoms. The average molecular weight is 634 g/mol. The molecular formula is C46H35NO2. The first-order valence-corrected chi connectivity index (χ1v) is 16.6. The number of rotatable bonds is 8. The van der Waals surface area contributed by atoms with E-state index in [0.717, 1.165) is 49.6 Å². The first kappa shape index (κ1) is 30.2. The number of allylic oxidation sites excluding steroid dienone is 2. The Bertz CT molecular complexity index is 2400. The predicted molar refractivity (Wildman–Crippen MR) is 206 cm³/mol. The number of carbonyl (C=O) groups excluding carboxylic acids is 1. The molecule has 3 nitrogen and oxygen atoms in total. The highest BCUT2D eigenvalue weighted by Gasteiger charge is 2.21. The number of hydrogen-bond donors (Lipinski definition) is 0. The summed E-state index contributed by atoms with van der Waals surface area (Å²) >= 11 is 0. The first-order valence-electron chi connectivity index (χ1n) is 16.6. The lowest BCUT2D eigenvalue weighted by Crippen LogP contribution is -2.10. The number of anilines is 3. The molecule has 0 aliphatic heterocycles. The zero-order valence-corrected chi connectivity index (χ0v) is 27.8. The number of methoxy groups -OCH3 is 1. The van der Waals surface area contributed by atoms with Gasteiger partial charge >= 0.3 is 0 Å². The van der Waals surface area contributed by atoms with Crippen LogP contribution in [0.4, 0.5) is 17.1 Å². The molecule has 0 spiro atoms. The van der Waals surface area contributed by atoms with Crippen molar-refractivity contribution in [3.8, 4) is 22.3 Å². The number of ketones is 1. The third-order valence-electron chi connectivity index (χ3n) is 9.63. The average Bonchev–Trinajstić information content (AvgIpc) is 3.16. The van der Waals surface area contributed by atoms with Crippen molar-refractivity contribution in [2.45, 2.75) is 13.8 Å². The van der Waals surface area contributed by atoms with Gasteiger partial charge in [-0.15, -0.1) is 0 Å². The zero-order valence-electron chi connectivity index (χ0n) is 27.8. The van der Waals surface area contributed by atoms with Crippen LogP contribution in [0, 0.1) is 0 Å². The Labute approximate surface area is 286 Å². The first-order chi connectivity index (χ1) is 24.0. The minimum Gasteiger partial charge on any atom is -0.501 e. The molecule has 0 heterocycles. The molecule has 0 amide bonds. The Kier molecular flexibility index (Phi) is 7.66. The Morgan fingerprint density at radius 2 is 0.939 bits per heavy atom. The molecule has 8 aromatic rings. The summed E-state index contributed by atoms with van der Waals surface area (Å²) in [7, 11) is 1.62. The minimum absolute atomic E-state index is 0.0147. The van der Waals surface area contributed by atoms with Crippen LogP contribution in [0.1, 0.15) is 19.4 Å². The minimum atomic E-state index is -0.0147. The van der Waals surface area contributed by atoms with Crippen LogP contribution in [0.15, 0.2) is 163 Å². The van der Waals surface area contributed by atoms with Crippen molar-refractivity contribution in [2.24, 2.45) is 0 Å². The van der Waals surface area contributed by atoms with Gasteiger partial charge in [0, 0.05) is 16.8 Å². The maximum atomic E-state index is 12.9. The quantitative estimate of drug-likeness (QED) is 0.0947. The van der Waals surface area contributed by atoms with E-state index < -0.39 is 0 Å². The third-order valence-corrected chi connectivity index (χ3v) is 9.63. The van der Waals surface area contributed by atoms with Crippen LogP contribution in [0.3, 0.4) is 0 Å². The SMILES string of the molecule is CO/C(C)=C(\C(C)=O)c1ccc2ccc3c(N(c4ccc(-c5ccccc5)cc4)c4ccc(-c5ccccc5)cc4)ccc4ccc1c2c43. The fourth-order valence-electron chi connectivity index (χ4n) is 7.22. The lowest BCUT2D eigenvalue weighted by molar-refractivity contribution is -0.111. The Balaban J connectivity index is 1.35. The van der Waals surface area contributed by atoms with Crippen LogP contribution in [-0.2, 0) is 9.53 Å². The summed E-state index contributed by atoms with van der Waals surface area (Å²) in [4.78, 5) is 15.3. The van der Waals surface area contributed by atoms with Crippen molar-refractivity contribution < 1.29 is 9.53 Å². The maximum absolute atomic E-state index is 12.9. The molecule has 0 N–H and O–H groups in total. The van der Waals surface area contributed by atoms with E-state index in [4.69, 9.17) is 4.74 Å². The molecule has 0 radical (unpaired) electrons. The standard InChI is InChI=1S/C46H35NO2/c1-30(48)44(31(2)49-3)40-26-18-36-20-28-42-43(29-21-37-19-27-41(40)45(36)46(37)42)47(38-22-14-34(15-23-38)32-10-6-4-7-11-32)39-24-16-35(17-25-39)33-12-8-5-9-13-33/h4-29H,1-3H3/b44-31+. The number of hydrogen-bond acceptors (Lipinski definition) is 3. The molecule has 0 aliphatic carbocycles. The van der Waals surface area contributed by atoms with Gasteiger partial charge in [0.05, 0.1) is 18.4 Å². The van der Waals surface area contributed by atoms with E-state index in [1.807, 2.05) is 19.1 Å². The van der Waals surface area contributed by atoms with E-state index in [-0.39, 0.29) is 5.78 Å². The van der Waals surface area contributed by atoms with E-state index in [1.165, 1.54) is 27.6 Å². The molecular weight excluding hydrogens is 599 g/mol. The smallest absolute Gasteiger partial charge is 0.163 e. The third kappa shape index (κ3) is 5.30. The highest BCUT2D eigenvalue weighted by molar-refractivity contribution is 6.30. The lowest BCUT2D eigenvalue weighted by atomic mass is 9.88. The normalized spacial score (nSPS) is 12.0. The summed E-state index contributed by atoms with van der Waals surface area (Å²) in [6.07, 6.45) is 0. The van der Waals surface area contributed by atoms with Gasteiger partial charge in [-0.2, -0.15) is 0 Å². The number of Topliss-reactive ketones (excluding diaryl/α,β-unsaturated/α-hetero) is 1. The molecule has 0 unspecified atom stereocenters. The van der Waals surface area contributed by atoms with E-state index in [0.29, 0.717) is 11.3 Å². The molecule has 8 rings (SSSR count). The van der Waals surface area contributed by atoms with Crippen molar-refractivity contribution in [1.29, 1.82) is 0 Å². The van der Waals surface area contributed by atoms with E-state index >= 15 is 0 Å².